The van der Waals surface area contributed by atoms with Gasteiger partial charge in [-0.15, -0.1) is 0 Å². The Bertz CT molecular complexity index is 596. The van der Waals surface area contributed by atoms with Crippen molar-refractivity contribution >= 4 is 27.6 Å². The fourth-order valence-corrected chi connectivity index (χ4v) is 1.84. The molecule has 19 heavy (non-hydrogen) atoms. The van der Waals surface area contributed by atoms with Crippen molar-refractivity contribution < 1.29 is 14.6 Å². The lowest BCUT2D eigenvalue weighted by Gasteiger charge is -2.10. The van der Waals surface area contributed by atoms with E-state index in [2.05, 4.69) is 15.9 Å². The zero-order valence-corrected chi connectivity index (χ0v) is 11.6. The zero-order chi connectivity index (χ0) is 13.8. The van der Waals surface area contributed by atoms with Crippen LogP contribution in [0, 0.1) is 0 Å². The second-order valence-electron chi connectivity index (χ2n) is 3.98. The minimum Gasteiger partial charge on any atom is -0.488 e. The molecule has 0 spiro atoms. The molecular formula is C14H12BrNO3. The van der Waals surface area contributed by atoms with Gasteiger partial charge < -0.3 is 15.6 Å². The maximum Gasteiger partial charge on any atom is 0.339 e. The van der Waals surface area contributed by atoms with Gasteiger partial charge in [0.05, 0.1) is 0 Å². The first-order chi connectivity index (χ1) is 9.06. The molecule has 2 rings (SSSR count). The molecule has 0 atom stereocenters. The number of rotatable bonds is 4. The summed E-state index contributed by atoms with van der Waals surface area (Å²) in [5.74, 6) is -0.763. The first-order valence-corrected chi connectivity index (χ1v) is 6.35. The normalized spacial score (nSPS) is 10.2. The molecule has 3 N–H and O–H groups in total. The Balaban J connectivity index is 2.16. The average molecular weight is 322 g/mol. The molecule has 4 nitrogen and oxygen atoms in total. The first-order valence-electron chi connectivity index (χ1n) is 5.56. The Morgan fingerprint density at radius 3 is 2.53 bits per heavy atom. The van der Waals surface area contributed by atoms with Crippen LogP contribution >= 0.6 is 15.9 Å². The van der Waals surface area contributed by atoms with Gasteiger partial charge in [-0.1, -0.05) is 28.1 Å². The summed E-state index contributed by atoms with van der Waals surface area (Å²) in [6.45, 7) is 0.289. The molecule has 0 radical (unpaired) electrons. The Morgan fingerprint density at radius 2 is 1.89 bits per heavy atom. The standard InChI is InChI=1S/C14H12BrNO3/c15-10-3-1-9(2-4-10)8-19-13-7-11(16)5-6-12(13)14(17)18/h1-7H,8,16H2,(H,17,18). The van der Waals surface area contributed by atoms with Gasteiger partial charge in [0.15, 0.2) is 0 Å². The summed E-state index contributed by atoms with van der Waals surface area (Å²) in [6.07, 6.45) is 0. The van der Waals surface area contributed by atoms with Crippen LogP contribution in [0.25, 0.3) is 0 Å². The van der Waals surface area contributed by atoms with Crippen molar-refractivity contribution in [3.05, 3.63) is 58.1 Å². The van der Waals surface area contributed by atoms with Gasteiger partial charge in [0.1, 0.15) is 17.9 Å². The molecule has 0 aromatic heterocycles. The molecule has 0 aliphatic heterocycles. The molecule has 0 aliphatic rings. The van der Waals surface area contributed by atoms with Gasteiger partial charge in [-0.2, -0.15) is 0 Å². The summed E-state index contributed by atoms with van der Waals surface area (Å²) in [4.78, 5) is 11.1. The van der Waals surface area contributed by atoms with Gasteiger partial charge in [0, 0.05) is 16.2 Å². The molecule has 0 amide bonds. The number of nitrogen functional groups attached to an aromatic ring is 1. The van der Waals surface area contributed by atoms with Gasteiger partial charge >= 0.3 is 5.97 Å². The van der Waals surface area contributed by atoms with Crippen LogP contribution in [0.15, 0.2) is 46.9 Å². The van der Waals surface area contributed by atoms with E-state index in [4.69, 9.17) is 15.6 Å². The van der Waals surface area contributed by atoms with Gasteiger partial charge in [-0.3, -0.25) is 0 Å². The second kappa shape index (κ2) is 5.75. The van der Waals surface area contributed by atoms with E-state index >= 15 is 0 Å². The summed E-state index contributed by atoms with van der Waals surface area (Å²) in [7, 11) is 0. The van der Waals surface area contributed by atoms with E-state index in [-0.39, 0.29) is 17.9 Å². The van der Waals surface area contributed by atoms with Crippen molar-refractivity contribution in [1.29, 1.82) is 0 Å². The summed E-state index contributed by atoms with van der Waals surface area (Å²) in [5.41, 5.74) is 7.15. The van der Waals surface area contributed by atoms with Crippen molar-refractivity contribution in [3.63, 3.8) is 0 Å². The monoisotopic (exact) mass is 321 g/mol. The Kier molecular flexibility index (Phi) is 4.06. The number of carbonyl (C=O) groups is 1. The number of nitrogens with two attached hydrogens (primary N) is 1. The molecule has 2 aromatic rings. The summed E-state index contributed by atoms with van der Waals surface area (Å²) < 4.78 is 6.51. The lowest BCUT2D eigenvalue weighted by Crippen LogP contribution is -2.04. The van der Waals surface area contributed by atoms with Crippen molar-refractivity contribution in [2.24, 2.45) is 0 Å². The third-order valence-corrected chi connectivity index (χ3v) is 3.07. The number of anilines is 1. The van der Waals surface area contributed by atoms with Crippen molar-refractivity contribution in [3.8, 4) is 5.75 Å². The van der Waals surface area contributed by atoms with E-state index in [0.29, 0.717) is 5.69 Å². The second-order valence-corrected chi connectivity index (χ2v) is 4.89. The fourth-order valence-electron chi connectivity index (χ4n) is 1.58. The molecule has 0 fully saturated rings. The molecule has 0 saturated carbocycles. The van der Waals surface area contributed by atoms with Crippen molar-refractivity contribution in [1.82, 2.24) is 0 Å². The van der Waals surface area contributed by atoms with Gasteiger partial charge in [0.25, 0.3) is 0 Å². The van der Waals surface area contributed by atoms with Crippen molar-refractivity contribution in [2.75, 3.05) is 5.73 Å². The average Bonchev–Trinajstić information content (AvgIpc) is 2.38. The number of halogens is 1. The van der Waals surface area contributed by atoms with Crippen LogP contribution in [0.5, 0.6) is 5.75 Å². The Morgan fingerprint density at radius 1 is 1.21 bits per heavy atom. The van der Waals surface area contributed by atoms with Crippen LogP contribution in [0.4, 0.5) is 5.69 Å². The molecule has 0 unspecified atom stereocenters. The fraction of sp³-hybridized carbons (Fsp3) is 0.0714. The third-order valence-electron chi connectivity index (χ3n) is 2.54. The lowest BCUT2D eigenvalue weighted by molar-refractivity contribution is 0.0692. The molecule has 0 saturated heterocycles. The van der Waals surface area contributed by atoms with E-state index < -0.39 is 5.97 Å². The summed E-state index contributed by atoms with van der Waals surface area (Å²) in [5, 5.41) is 9.06. The number of ether oxygens (including phenoxy) is 1. The predicted molar refractivity (Wildman–Crippen MR) is 76.3 cm³/mol. The van der Waals surface area contributed by atoms with E-state index in [9.17, 15) is 4.79 Å². The van der Waals surface area contributed by atoms with Crippen LogP contribution in [-0.2, 0) is 6.61 Å². The van der Waals surface area contributed by atoms with Crippen molar-refractivity contribution in [2.45, 2.75) is 6.61 Å². The van der Waals surface area contributed by atoms with E-state index in [1.54, 1.807) is 0 Å². The number of hydrogen-bond acceptors (Lipinski definition) is 3. The van der Waals surface area contributed by atoms with Crippen LogP contribution in [0.2, 0.25) is 0 Å². The van der Waals surface area contributed by atoms with E-state index in [0.717, 1.165) is 10.0 Å². The predicted octanol–water partition coefficient (Wildman–Crippen LogP) is 3.31. The molecule has 0 bridgehead atoms. The Hall–Kier alpha value is -2.01. The number of aromatic carboxylic acids is 1. The van der Waals surface area contributed by atoms with Gasteiger partial charge in [-0.05, 0) is 29.8 Å². The molecule has 2 aromatic carbocycles. The molecular weight excluding hydrogens is 310 g/mol. The van der Waals surface area contributed by atoms with Crippen LogP contribution in [0.3, 0.4) is 0 Å². The van der Waals surface area contributed by atoms with Crippen LogP contribution < -0.4 is 10.5 Å². The number of hydrogen-bond donors (Lipinski definition) is 2. The molecule has 5 heteroatoms. The minimum absolute atomic E-state index is 0.103. The highest BCUT2D eigenvalue weighted by atomic mass is 79.9. The highest BCUT2D eigenvalue weighted by Gasteiger charge is 2.11. The smallest absolute Gasteiger partial charge is 0.339 e. The maximum absolute atomic E-state index is 11.1. The topological polar surface area (TPSA) is 72.6 Å². The SMILES string of the molecule is Nc1ccc(C(=O)O)c(OCc2ccc(Br)cc2)c1. The van der Waals surface area contributed by atoms with Gasteiger partial charge in [-0.25, -0.2) is 4.79 Å². The quantitative estimate of drug-likeness (QED) is 0.847. The zero-order valence-electron chi connectivity index (χ0n) is 9.97. The lowest BCUT2D eigenvalue weighted by atomic mass is 10.2. The minimum atomic E-state index is -1.04. The number of carboxylic acids is 1. The summed E-state index contributed by atoms with van der Waals surface area (Å²) >= 11 is 3.35. The molecule has 98 valence electrons. The first kappa shape index (κ1) is 13.4. The van der Waals surface area contributed by atoms with E-state index in [1.807, 2.05) is 24.3 Å². The third kappa shape index (κ3) is 3.48. The highest BCUT2D eigenvalue weighted by Crippen LogP contribution is 2.23. The summed E-state index contributed by atoms with van der Waals surface area (Å²) in [6, 6.07) is 12.1. The van der Waals surface area contributed by atoms with E-state index in [1.165, 1.54) is 18.2 Å². The highest BCUT2D eigenvalue weighted by molar-refractivity contribution is 9.10. The molecule has 0 aliphatic carbocycles. The number of carboxylic acid groups (broad SMARTS) is 1. The van der Waals surface area contributed by atoms with Crippen LogP contribution in [0.1, 0.15) is 15.9 Å². The maximum atomic E-state index is 11.1. The molecule has 0 heterocycles. The van der Waals surface area contributed by atoms with Gasteiger partial charge in [0.2, 0.25) is 0 Å². The Labute approximate surface area is 118 Å². The van der Waals surface area contributed by atoms with Crippen LogP contribution in [-0.4, -0.2) is 11.1 Å². The number of benzene rings is 2. The largest absolute Gasteiger partial charge is 0.488 e.